The highest BCUT2D eigenvalue weighted by Gasteiger charge is 2.22. The average molecular weight is 416 g/mol. The molecule has 8 heteroatoms. The molecule has 2 aromatic rings. The second kappa shape index (κ2) is 9.00. The third kappa shape index (κ3) is 5.29. The first-order valence-corrected chi connectivity index (χ1v) is 10.7. The molecule has 0 spiro atoms. The fourth-order valence-electron chi connectivity index (χ4n) is 2.93. The quantitative estimate of drug-likeness (QED) is 0.685. The average Bonchev–Trinajstić information content (AvgIpc) is 3.22. The lowest BCUT2D eigenvalue weighted by molar-refractivity contribution is 0.0954. The van der Waals surface area contributed by atoms with Crippen LogP contribution in [0.2, 0.25) is 0 Å². The van der Waals surface area contributed by atoms with Crippen molar-refractivity contribution in [3.8, 4) is 5.75 Å². The first-order chi connectivity index (χ1) is 13.9. The lowest BCUT2D eigenvalue weighted by Crippen LogP contribution is -2.27. The molecule has 0 fully saturated rings. The Balaban J connectivity index is 1.78. The molecule has 7 nitrogen and oxygen atoms in total. The van der Waals surface area contributed by atoms with Gasteiger partial charge in [0.15, 0.2) is 0 Å². The van der Waals surface area contributed by atoms with Gasteiger partial charge in [-0.2, -0.15) is 0 Å². The number of rotatable bonds is 8. The highest BCUT2D eigenvalue weighted by Crippen LogP contribution is 2.27. The van der Waals surface area contributed by atoms with Crippen molar-refractivity contribution in [2.45, 2.75) is 26.2 Å². The molecule has 0 atom stereocenters. The Labute approximate surface area is 170 Å². The van der Waals surface area contributed by atoms with Crippen molar-refractivity contribution in [2.24, 2.45) is 0 Å². The summed E-state index contributed by atoms with van der Waals surface area (Å²) < 4.78 is 38.5. The molecule has 1 aliphatic carbocycles. The van der Waals surface area contributed by atoms with E-state index in [0.29, 0.717) is 36.5 Å². The highest BCUT2D eigenvalue weighted by molar-refractivity contribution is 7.96. The maximum Gasteiger partial charge on any atom is 0.258 e. The van der Waals surface area contributed by atoms with E-state index < -0.39 is 15.9 Å². The van der Waals surface area contributed by atoms with Gasteiger partial charge in [0, 0.05) is 13.0 Å². The normalized spacial score (nSPS) is 14.0. The van der Waals surface area contributed by atoms with Crippen molar-refractivity contribution in [1.29, 1.82) is 0 Å². The predicted octanol–water partition coefficient (Wildman–Crippen LogP) is 3.63. The summed E-state index contributed by atoms with van der Waals surface area (Å²) in [6, 6.07) is 8.26. The number of amides is 1. The van der Waals surface area contributed by atoms with E-state index in [9.17, 15) is 13.2 Å². The van der Waals surface area contributed by atoms with E-state index in [1.54, 1.807) is 30.5 Å². The molecule has 0 unspecified atom stereocenters. The Morgan fingerprint density at radius 3 is 2.69 bits per heavy atom. The zero-order valence-corrected chi connectivity index (χ0v) is 17.2. The molecule has 1 aliphatic rings. The molecular weight excluding hydrogens is 392 g/mol. The monoisotopic (exact) mass is 416 g/mol. The van der Waals surface area contributed by atoms with Crippen molar-refractivity contribution in [2.75, 3.05) is 18.4 Å². The lowest BCUT2D eigenvalue weighted by atomic mass is 10.1. The van der Waals surface area contributed by atoms with E-state index in [2.05, 4.69) is 10.0 Å². The molecule has 0 radical (unpaired) electrons. The van der Waals surface area contributed by atoms with Crippen LogP contribution in [0, 0.1) is 0 Å². The van der Waals surface area contributed by atoms with Gasteiger partial charge in [-0.1, -0.05) is 11.6 Å². The van der Waals surface area contributed by atoms with Crippen LogP contribution in [0.15, 0.2) is 63.6 Å². The number of carbonyl (C=O) groups is 1. The number of benzene rings is 1. The van der Waals surface area contributed by atoms with E-state index in [1.807, 2.05) is 13.0 Å². The Bertz CT molecular complexity index is 1040. The minimum absolute atomic E-state index is 0.190. The first-order valence-electron chi connectivity index (χ1n) is 9.27. The number of furan rings is 1. The van der Waals surface area contributed by atoms with Crippen molar-refractivity contribution in [3.05, 3.63) is 70.5 Å². The van der Waals surface area contributed by atoms with Gasteiger partial charge >= 0.3 is 0 Å². The van der Waals surface area contributed by atoms with Gasteiger partial charge in [0.05, 0.1) is 29.5 Å². The molecule has 2 N–H and O–H groups in total. The number of hydrogen-bond acceptors (Lipinski definition) is 5. The summed E-state index contributed by atoms with van der Waals surface area (Å²) in [7, 11) is -2.28. The van der Waals surface area contributed by atoms with Crippen LogP contribution in [-0.4, -0.2) is 28.0 Å². The zero-order valence-electron chi connectivity index (χ0n) is 16.4. The standard InChI is InChI=1S/C21H24N2O5S/c1-15-5-8-18(9-6-15)29(25,26)23-20-10-7-17(27-2)14-19(20)21(24)22-12-11-16-4-3-13-28-16/h3-5,7-8,10,13-14,23H,6,9,11-12H2,1-2H3,(H,22,24). The largest absolute Gasteiger partial charge is 0.497 e. The molecule has 0 bridgehead atoms. The van der Waals surface area contributed by atoms with Gasteiger partial charge in [-0.15, -0.1) is 0 Å². The summed E-state index contributed by atoms with van der Waals surface area (Å²) in [6.45, 7) is 2.31. The maximum atomic E-state index is 12.8. The summed E-state index contributed by atoms with van der Waals surface area (Å²) in [4.78, 5) is 13.0. The smallest absolute Gasteiger partial charge is 0.258 e. The molecule has 1 amide bonds. The number of anilines is 1. The van der Waals surface area contributed by atoms with Gasteiger partial charge < -0.3 is 14.5 Å². The number of sulfonamides is 1. The van der Waals surface area contributed by atoms with Gasteiger partial charge in [-0.25, -0.2) is 8.42 Å². The second-order valence-electron chi connectivity index (χ2n) is 6.75. The Kier molecular flexibility index (Phi) is 6.43. The molecular formula is C21H24N2O5S. The van der Waals surface area contributed by atoms with Crippen LogP contribution in [0.4, 0.5) is 5.69 Å². The van der Waals surface area contributed by atoms with Crippen LogP contribution in [-0.2, 0) is 16.4 Å². The number of carbonyl (C=O) groups excluding carboxylic acids is 1. The fraction of sp³-hybridized carbons (Fsp3) is 0.286. The van der Waals surface area contributed by atoms with Gasteiger partial charge in [0.1, 0.15) is 11.5 Å². The number of allylic oxidation sites excluding steroid dienone is 4. The summed E-state index contributed by atoms with van der Waals surface area (Å²) in [5.74, 6) is 0.811. The predicted molar refractivity (Wildman–Crippen MR) is 111 cm³/mol. The molecule has 0 saturated carbocycles. The fourth-order valence-corrected chi connectivity index (χ4v) is 4.15. The van der Waals surface area contributed by atoms with E-state index in [4.69, 9.17) is 9.15 Å². The summed E-state index contributed by atoms with van der Waals surface area (Å²) in [5, 5.41) is 2.79. The molecule has 0 saturated heterocycles. The van der Waals surface area contributed by atoms with Gasteiger partial charge in [0.2, 0.25) is 0 Å². The summed E-state index contributed by atoms with van der Waals surface area (Å²) in [5.41, 5.74) is 1.52. The highest BCUT2D eigenvalue weighted by atomic mass is 32.2. The number of ether oxygens (including phenoxy) is 1. The van der Waals surface area contributed by atoms with Crippen LogP contribution in [0.25, 0.3) is 0 Å². The zero-order chi connectivity index (χ0) is 20.9. The molecule has 0 aliphatic heterocycles. The molecule has 3 rings (SSSR count). The van der Waals surface area contributed by atoms with E-state index in [1.165, 1.54) is 19.2 Å². The molecule has 1 aromatic heterocycles. The Morgan fingerprint density at radius 2 is 2.03 bits per heavy atom. The topological polar surface area (TPSA) is 97.6 Å². The van der Waals surface area contributed by atoms with Crippen molar-refractivity contribution in [1.82, 2.24) is 5.32 Å². The first kappa shape index (κ1) is 20.7. The number of hydrogen-bond donors (Lipinski definition) is 2. The van der Waals surface area contributed by atoms with Gasteiger partial charge in [-0.3, -0.25) is 9.52 Å². The van der Waals surface area contributed by atoms with Crippen molar-refractivity contribution in [3.63, 3.8) is 0 Å². The maximum absolute atomic E-state index is 12.8. The molecule has 1 aromatic carbocycles. The number of methoxy groups -OCH3 is 1. The lowest BCUT2D eigenvalue weighted by Gasteiger charge is -2.17. The van der Waals surface area contributed by atoms with Crippen molar-refractivity contribution < 1.29 is 22.4 Å². The van der Waals surface area contributed by atoms with E-state index in [-0.39, 0.29) is 11.3 Å². The van der Waals surface area contributed by atoms with Crippen LogP contribution in [0.3, 0.4) is 0 Å². The van der Waals surface area contributed by atoms with E-state index in [0.717, 1.165) is 11.3 Å². The van der Waals surface area contributed by atoms with Gasteiger partial charge in [-0.05, 0) is 56.2 Å². The van der Waals surface area contributed by atoms with Crippen LogP contribution in [0.5, 0.6) is 5.75 Å². The molecule has 1 heterocycles. The minimum Gasteiger partial charge on any atom is -0.497 e. The Morgan fingerprint density at radius 1 is 1.21 bits per heavy atom. The third-order valence-electron chi connectivity index (χ3n) is 4.62. The van der Waals surface area contributed by atoms with Gasteiger partial charge in [0.25, 0.3) is 15.9 Å². The number of nitrogens with one attached hydrogen (secondary N) is 2. The van der Waals surface area contributed by atoms with Crippen LogP contribution >= 0.6 is 0 Å². The SMILES string of the molecule is COc1ccc(NS(=O)(=O)C2=CC=C(C)CC2)c(C(=O)NCCc2ccco2)c1. The molecule has 29 heavy (non-hydrogen) atoms. The van der Waals surface area contributed by atoms with E-state index >= 15 is 0 Å². The third-order valence-corrected chi connectivity index (χ3v) is 6.14. The molecule has 154 valence electrons. The second-order valence-corrected chi connectivity index (χ2v) is 8.48. The Hall–Kier alpha value is -3.00. The minimum atomic E-state index is -3.76. The summed E-state index contributed by atoms with van der Waals surface area (Å²) >= 11 is 0. The van der Waals surface area contributed by atoms with Crippen molar-refractivity contribution >= 4 is 21.6 Å². The van der Waals surface area contributed by atoms with Crippen LogP contribution < -0.4 is 14.8 Å². The van der Waals surface area contributed by atoms with Crippen LogP contribution in [0.1, 0.15) is 35.9 Å². The summed E-state index contributed by atoms with van der Waals surface area (Å²) in [6.07, 6.45) is 6.63.